The van der Waals surface area contributed by atoms with Crippen molar-refractivity contribution in [2.24, 2.45) is 0 Å². The van der Waals surface area contributed by atoms with Gasteiger partial charge in [0.1, 0.15) is 23.5 Å². The maximum Gasteiger partial charge on any atom is 0.421 e. The number of amides is 1. The van der Waals surface area contributed by atoms with Gasteiger partial charge < -0.3 is 10.6 Å². The monoisotopic (exact) mass is 314 g/mol. The molecule has 0 saturated carbocycles. The lowest BCUT2D eigenvalue weighted by atomic mass is 10.1. The number of hydrogen-bond donors (Lipinski definition) is 2. The molecule has 22 heavy (non-hydrogen) atoms. The summed E-state index contributed by atoms with van der Waals surface area (Å²) in [6.45, 7) is 0. The molecule has 1 heterocycles. The van der Waals surface area contributed by atoms with Crippen molar-refractivity contribution in [2.45, 2.75) is 6.18 Å². The molecule has 0 unspecified atom stereocenters. The standard InChI is InChI=1S/C13H10F4N4O/c1-18-12(22)8-4-7(14)2-3-10(8)21-11-9(13(15,16)17)5-19-6-20-11/h2-6H,1H3,(H,18,22)(H,19,20,21). The van der Waals surface area contributed by atoms with Crippen molar-refractivity contribution in [3.63, 3.8) is 0 Å². The number of rotatable bonds is 3. The fourth-order valence-electron chi connectivity index (χ4n) is 1.71. The van der Waals surface area contributed by atoms with E-state index < -0.39 is 29.3 Å². The number of aromatic nitrogens is 2. The highest BCUT2D eigenvalue weighted by Crippen LogP contribution is 2.34. The Labute approximate surface area is 122 Å². The van der Waals surface area contributed by atoms with E-state index in [9.17, 15) is 22.4 Å². The number of nitrogens with zero attached hydrogens (tertiary/aromatic N) is 2. The Kier molecular flexibility index (Phi) is 4.25. The van der Waals surface area contributed by atoms with E-state index >= 15 is 0 Å². The minimum Gasteiger partial charge on any atom is -0.355 e. The summed E-state index contributed by atoms with van der Waals surface area (Å²) in [6, 6.07) is 3.08. The van der Waals surface area contributed by atoms with Crippen LogP contribution in [0.1, 0.15) is 15.9 Å². The van der Waals surface area contributed by atoms with Gasteiger partial charge in [-0.25, -0.2) is 14.4 Å². The van der Waals surface area contributed by atoms with E-state index in [1.54, 1.807) is 0 Å². The second kappa shape index (κ2) is 5.96. The SMILES string of the molecule is CNC(=O)c1cc(F)ccc1Nc1ncncc1C(F)(F)F. The van der Waals surface area contributed by atoms with Crippen LogP contribution >= 0.6 is 0 Å². The van der Waals surface area contributed by atoms with Crippen LogP contribution in [0.5, 0.6) is 0 Å². The molecule has 2 N–H and O–H groups in total. The predicted octanol–water partition coefficient (Wildman–Crippen LogP) is 2.74. The van der Waals surface area contributed by atoms with Crippen molar-refractivity contribution in [1.82, 2.24) is 15.3 Å². The maximum atomic E-state index is 13.2. The molecule has 2 rings (SSSR count). The van der Waals surface area contributed by atoms with Gasteiger partial charge in [-0.1, -0.05) is 0 Å². The number of carbonyl (C=O) groups excluding carboxylic acids is 1. The van der Waals surface area contributed by atoms with Crippen molar-refractivity contribution in [3.8, 4) is 0 Å². The third-order valence-electron chi connectivity index (χ3n) is 2.72. The number of hydrogen-bond acceptors (Lipinski definition) is 4. The average molecular weight is 314 g/mol. The summed E-state index contributed by atoms with van der Waals surface area (Å²) >= 11 is 0. The summed E-state index contributed by atoms with van der Waals surface area (Å²) in [5.41, 5.74) is -1.25. The van der Waals surface area contributed by atoms with E-state index in [0.717, 1.165) is 24.5 Å². The Morgan fingerprint density at radius 3 is 2.64 bits per heavy atom. The van der Waals surface area contributed by atoms with Crippen molar-refractivity contribution in [2.75, 3.05) is 12.4 Å². The first-order valence-corrected chi connectivity index (χ1v) is 5.98. The average Bonchev–Trinajstić information content (AvgIpc) is 2.47. The molecule has 0 aliphatic rings. The third-order valence-corrected chi connectivity index (χ3v) is 2.72. The van der Waals surface area contributed by atoms with Crippen LogP contribution in [0.4, 0.5) is 29.1 Å². The number of halogens is 4. The summed E-state index contributed by atoms with van der Waals surface area (Å²) in [5.74, 6) is -1.87. The van der Waals surface area contributed by atoms with Gasteiger partial charge >= 0.3 is 6.18 Å². The lowest BCUT2D eigenvalue weighted by Gasteiger charge is -2.14. The summed E-state index contributed by atoms with van der Waals surface area (Å²) in [6.07, 6.45) is -3.13. The first kappa shape index (κ1) is 15.7. The Bertz CT molecular complexity index is 703. The quantitative estimate of drug-likeness (QED) is 0.855. The number of carbonyl (C=O) groups is 1. The maximum absolute atomic E-state index is 13.2. The fourth-order valence-corrected chi connectivity index (χ4v) is 1.71. The zero-order valence-corrected chi connectivity index (χ0v) is 11.2. The highest BCUT2D eigenvalue weighted by atomic mass is 19.4. The minimum absolute atomic E-state index is 0.00931. The van der Waals surface area contributed by atoms with E-state index in [2.05, 4.69) is 20.6 Å². The second-order valence-corrected chi connectivity index (χ2v) is 4.18. The van der Waals surface area contributed by atoms with Gasteiger partial charge in [-0.05, 0) is 18.2 Å². The van der Waals surface area contributed by atoms with Gasteiger partial charge in [-0.2, -0.15) is 13.2 Å². The fraction of sp³-hybridized carbons (Fsp3) is 0.154. The first-order valence-electron chi connectivity index (χ1n) is 5.98. The molecule has 5 nitrogen and oxygen atoms in total. The third kappa shape index (κ3) is 3.30. The molecule has 0 atom stereocenters. The molecule has 0 saturated heterocycles. The van der Waals surface area contributed by atoms with Gasteiger partial charge in [0.05, 0.1) is 11.3 Å². The Balaban J connectivity index is 2.47. The Morgan fingerprint density at radius 2 is 2.00 bits per heavy atom. The lowest BCUT2D eigenvalue weighted by Crippen LogP contribution is -2.20. The molecule has 0 aliphatic carbocycles. The number of benzene rings is 1. The van der Waals surface area contributed by atoms with E-state index in [1.807, 2.05) is 0 Å². The van der Waals surface area contributed by atoms with Crippen LogP contribution in [0, 0.1) is 5.82 Å². The molecule has 0 radical (unpaired) electrons. The summed E-state index contributed by atoms with van der Waals surface area (Å²) in [4.78, 5) is 18.5. The van der Waals surface area contributed by atoms with Gasteiger partial charge in [0.25, 0.3) is 5.91 Å². The van der Waals surface area contributed by atoms with Crippen LogP contribution in [0.2, 0.25) is 0 Å². The van der Waals surface area contributed by atoms with E-state index in [-0.39, 0.29) is 11.3 Å². The highest BCUT2D eigenvalue weighted by molar-refractivity contribution is 6.00. The zero-order valence-electron chi connectivity index (χ0n) is 11.2. The topological polar surface area (TPSA) is 66.9 Å². The van der Waals surface area contributed by atoms with Crippen molar-refractivity contribution < 1.29 is 22.4 Å². The minimum atomic E-state index is -4.67. The zero-order chi connectivity index (χ0) is 16.3. The number of anilines is 2. The molecule has 116 valence electrons. The summed E-state index contributed by atoms with van der Waals surface area (Å²) in [7, 11) is 1.32. The van der Waals surface area contributed by atoms with Crippen LogP contribution in [0.25, 0.3) is 0 Å². The first-order chi connectivity index (χ1) is 10.3. The van der Waals surface area contributed by atoms with Crippen LogP contribution in [-0.2, 0) is 6.18 Å². The van der Waals surface area contributed by atoms with E-state index in [4.69, 9.17) is 0 Å². The van der Waals surface area contributed by atoms with Gasteiger partial charge in [-0.15, -0.1) is 0 Å². The molecule has 0 aliphatic heterocycles. The number of alkyl halides is 3. The molecule has 1 aromatic carbocycles. The molecular formula is C13H10F4N4O. The van der Waals surface area contributed by atoms with Crippen LogP contribution in [0.15, 0.2) is 30.7 Å². The largest absolute Gasteiger partial charge is 0.421 e. The predicted molar refractivity (Wildman–Crippen MR) is 70.1 cm³/mol. The van der Waals surface area contributed by atoms with Gasteiger partial charge in [-0.3, -0.25) is 4.79 Å². The van der Waals surface area contributed by atoms with Crippen LogP contribution in [0.3, 0.4) is 0 Å². The van der Waals surface area contributed by atoms with Crippen molar-refractivity contribution in [3.05, 3.63) is 47.7 Å². The summed E-state index contributed by atoms with van der Waals surface area (Å²) in [5, 5.41) is 4.67. The van der Waals surface area contributed by atoms with E-state index in [0.29, 0.717) is 6.20 Å². The number of nitrogens with one attached hydrogen (secondary N) is 2. The molecule has 0 spiro atoms. The lowest BCUT2D eigenvalue weighted by molar-refractivity contribution is -0.137. The molecule has 9 heteroatoms. The molecule has 0 bridgehead atoms. The van der Waals surface area contributed by atoms with Gasteiger partial charge in [0.15, 0.2) is 0 Å². The van der Waals surface area contributed by atoms with E-state index in [1.165, 1.54) is 7.05 Å². The van der Waals surface area contributed by atoms with Gasteiger partial charge in [0, 0.05) is 13.2 Å². The van der Waals surface area contributed by atoms with Crippen molar-refractivity contribution in [1.29, 1.82) is 0 Å². The highest BCUT2D eigenvalue weighted by Gasteiger charge is 2.35. The van der Waals surface area contributed by atoms with Crippen molar-refractivity contribution >= 4 is 17.4 Å². The summed E-state index contributed by atoms with van der Waals surface area (Å²) < 4.78 is 51.9. The Hall–Kier alpha value is -2.71. The molecule has 0 fully saturated rings. The van der Waals surface area contributed by atoms with Crippen LogP contribution in [-0.4, -0.2) is 22.9 Å². The Morgan fingerprint density at radius 1 is 1.27 bits per heavy atom. The normalized spacial score (nSPS) is 11.1. The molecule has 1 aromatic heterocycles. The molecule has 1 amide bonds. The molecular weight excluding hydrogens is 304 g/mol. The van der Waals surface area contributed by atoms with Gasteiger partial charge in [0.2, 0.25) is 0 Å². The molecule has 2 aromatic rings. The van der Waals surface area contributed by atoms with Crippen LogP contribution < -0.4 is 10.6 Å². The second-order valence-electron chi connectivity index (χ2n) is 4.18. The smallest absolute Gasteiger partial charge is 0.355 e.